The molecule has 4 N–H and O–H groups in total. The second kappa shape index (κ2) is 10.2. The summed E-state index contributed by atoms with van der Waals surface area (Å²) in [7, 11) is 0. The fourth-order valence-corrected chi connectivity index (χ4v) is 4.41. The van der Waals surface area contributed by atoms with Gasteiger partial charge in [-0.2, -0.15) is 0 Å². The summed E-state index contributed by atoms with van der Waals surface area (Å²) in [5, 5.41) is 3.38. The normalized spacial score (nSPS) is 17.6. The molecular formula is C26H32N6O. The fourth-order valence-electron chi connectivity index (χ4n) is 4.41. The molecule has 0 spiro atoms. The van der Waals surface area contributed by atoms with Crippen molar-refractivity contribution in [3.05, 3.63) is 65.5 Å². The van der Waals surface area contributed by atoms with Crippen LogP contribution in [0.1, 0.15) is 16.8 Å². The molecule has 0 radical (unpaired) electrons. The van der Waals surface area contributed by atoms with Crippen molar-refractivity contribution in [3.63, 3.8) is 0 Å². The zero-order valence-corrected chi connectivity index (χ0v) is 19.0. The number of ether oxygens (including phenoxy) is 1. The van der Waals surface area contributed by atoms with E-state index in [2.05, 4.69) is 67.6 Å². The zero-order valence-electron chi connectivity index (χ0n) is 19.0. The van der Waals surface area contributed by atoms with Gasteiger partial charge in [0.05, 0.1) is 24.6 Å². The lowest BCUT2D eigenvalue weighted by Crippen LogP contribution is -2.43. The van der Waals surface area contributed by atoms with Gasteiger partial charge in [-0.05, 0) is 35.4 Å². The van der Waals surface area contributed by atoms with Crippen LogP contribution in [0.3, 0.4) is 0 Å². The Balaban J connectivity index is 1.26. The van der Waals surface area contributed by atoms with Crippen LogP contribution in [0.2, 0.25) is 0 Å². The van der Waals surface area contributed by atoms with Crippen LogP contribution >= 0.6 is 0 Å². The summed E-state index contributed by atoms with van der Waals surface area (Å²) >= 11 is 0. The number of morpholine rings is 1. The monoisotopic (exact) mass is 444 g/mol. The molecule has 2 aliphatic heterocycles. The first kappa shape index (κ1) is 21.7. The number of pyridine rings is 1. The Morgan fingerprint density at radius 2 is 1.76 bits per heavy atom. The minimum atomic E-state index is 0.790. The van der Waals surface area contributed by atoms with Crippen LogP contribution in [-0.2, 0) is 11.3 Å². The number of nitrogens with one attached hydrogen (secondary N) is 2. The van der Waals surface area contributed by atoms with Crippen molar-refractivity contribution in [1.82, 2.24) is 20.2 Å². The minimum absolute atomic E-state index is 0.790. The van der Waals surface area contributed by atoms with E-state index in [1.54, 1.807) is 0 Å². The number of piperazine rings is 1. The van der Waals surface area contributed by atoms with E-state index >= 15 is 0 Å². The average molecular weight is 445 g/mol. The molecule has 0 unspecified atom stereocenters. The minimum Gasteiger partial charge on any atom is -0.396 e. The number of aromatic amines is 1. The largest absolute Gasteiger partial charge is 0.396 e. The molecule has 2 fully saturated rings. The van der Waals surface area contributed by atoms with Crippen molar-refractivity contribution in [2.75, 3.05) is 63.1 Å². The molecular weight excluding hydrogens is 412 g/mol. The molecule has 5 rings (SSSR count). The van der Waals surface area contributed by atoms with Crippen LogP contribution in [0.25, 0.3) is 23.4 Å². The predicted octanol–water partition coefficient (Wildman–Crippen LogP) is 3.07. The van der Waals surface area contributed by atoms with E-state index in [1.807, 2.05) is 18.3 Å². The maximum atomic E-state index is 6.32. The molecule has 7 heteroatoms. The quantitative estimate of drug-likeness (QED) is 0.542. The fraction of sp³-hybridized carbons (Fsp3) is 0.346. The van der Waals surface area contributed by atoms with E-state index < -0.39 is 0 Å². The molecule has 2 aliphatic rings. The summed E-state index contributed by atoms with van der Waals surface area (Å²) in [6.07, 6.45) is 6.02. The second-order valence-corrected chi connectivity index (χ2v) is 8.66. The lowest BCUT2D eigenvalue weighted by atomic mass is 10.1. The Labute approximate surface area is 195 Å². The first-order valence-electron chi connectivity index (χ1n) is 11.7. The van der Waals surface area contributed by atoms with Gasteiger partial charge >= 0.3 is 0 Å². The highest BCUT2D eigenvalue weighted by Crippen LogP contribution is 2.30. The Bertz CT molecular complexity index is 1080. The lowest BCUT2D eigenvalue weighted by Gasteiger charge is -2.28. The molecule has 0 atom stereocenters. The number of rotatable bonds is 6. The molecule has 172 valence electrons. The summed E-state index contributed by atoms with van der Waals surface area (Å²) in [6, 6.07) is 14.9. The van der Waals surface area contributed by atoms with Gasteiger partial charge in [0.1, 0.15) is 5.82 Å². The SMILES string of the molecule is Nc1cc(-c2ccnc(/C=C/c3ccc(CN4CCOCC4)cc3)c2)[nH]c1N1CCNCC1. The number of nitrogens with zero attached hydrogens (tertiary/aromatic N) is 3. The molecule has 1 aromatic carbocycles. The van der Waals surface area contributed by atoms with Crippen LogP contribution in [-0.4, -0.2) is 67.4 Å². The Kier molecular flexibility index (Phi) is 6.71. The molecule has 0 aliphatic carbocycles. The van der Waals surface area contributed by atoms with Gasteiger partial charge in [0.2, 0.25) is 0 Å². The third-order valence-electron chi connectivity index (χ3n) is 6.29. The lowest BCUT2D eigenvalue weighted by molar-refractivity contribution is 0.0342. The van der Waals surface area contributed by atoms with Crippen LogP contribution in [0.15, 0.2) is 48.7 Å². The van der Waals surface area contributed by atoms with Crippen molar-refractivity contribution in [1.29, 1.82) is 0 Å². The molecule has 2 aromatic heterocycles. The zero-order chi connectivity index (χ0) is 22.5. The molecule has 33 heavy (non-hydrogen) atoms. The Morgan fingerprint density at radius 1 is 0.970 bits per heavy atom. The highest BCUT2D eigenvalue weighted by molar-refractivity contribution is 5.77. The molecule has 0 bridgehead atoms. The number of aromatic nitrogens is 2. The third kappa shape index (κ3) is 5.45. The standard InChI is InChI=1S/C26H32N6O/c27-24-18-25(30-26(24)32-11-9-28-10-12-32)22-7-8-29-23(17-22)6-5-20-1-3-21(4-2-20)19-31-13-15-33-16-14-31/h1-8,17-18,28,30H,9-16,19,27H2/b6-5+. The van der Waals surface area contributed by atoms with Crippen molar-refractivity contribution < 1.29 is 4.74 Å². The first-order chi connectivity index (χ1) is 16.2. The number of benzene rings is 1. The van der Waals surface area contributed by atoms with Gasteiger partial charge in [-0.15, -0.1) is 0 Å². The van der Waals surface area contributed by atoms with Crippen molar-refractivity contribution in [3.8, 4) is 11.3 Å². The van der Waals surface area contributed by atoms with Crippen molar-refractivity contribution in [2.24, 2.45) is 0 Å². The average Bonchev–Trinajstić information content (AvgIpc) is 3.27. The summed E-state index contributed by atoms with van der Waals surface area (Å²) in [4.78, 5) is 12.8. The van der Waals surface area contributed by atoms with Crippen LogP contribution in [0.5, 0.6) is 0 Å². The van der Waals surface area contributed by atoms with Gasteiger partial charge in [0, 0.05) is 63.3 Å². The molecule has 2 saturated heterocycles. The van der Waals surface area contributed by atoms with Crippen LogP contribution in [0, 0.1) is 0 Å². The van der Waals surface area contributed by atoms with Gasteiger partial charge in [-0.1, -0.05) is 30.3 Å². The maximum absolute atomic E-state index is 6.32. The highest BCUT2D eigenvalue weighted by Gasteiger charge is 2.16. The van der Waals surface area contributed by atoms with Crippen LogP contribution in [0.4, 0.5) is 11.5 Å². The van der Waals surface area contributed by atoms with E-state index in [4.69, 9.17) is 10.5 Å². The number of nitrogen functional groups attached to an aromatic ring is 1. The number of hydrogen-bond donors (Lipinski definition) is 3. The van der Waals surface area contributed by atoms with Crippen molar-refractivity contribution >= 4 is 23.7 Å². The van der Waals surface area contributed by atoms with E-state index in [9.17, 15) is 0 Å². The van der Waals surface area contributed by atoms with Gasteiger partial charge < -0.3 is 25.7 Å². The van der Waals surface area contributed by atoms with E-state index in [1.165, 1.54) is 5.56 Å². The molecule has 3 aromatic rings. The summed E-state index contributed by atoms with van der Waals surface area (Å²) in [6.45, 7) is 8.53. The van der Waals surface area contributed by atoms with Gasteiger partial charge in [-0.25, -0.2) is 0 Å². The van der Waals surface area contributed by atoms with Crippen molar-refractivity contribution in [2.45, 2.75) is 6.54 Å². The predicted molar refractivity (Wildman–Crippen MR) is 135 cm³/mol. The van der Waals surface area contributed by atoms with E-state index in [-0.39, 0.29) is 0 Å². The Morgan fingerprint density at radius 3 is 2.55 bits per heavy atom. The van der Waals surface area contributed by atoms with E-state index in [0.717, 1.165) is 93.0 Å². The summed E-state index contributed by atoms with van der Waals surface area (Å²) < 4.78 is 5.43. The van der Waals surface area contributed by atoms with Gasteiger partial charge in [0.15, 0.2) is 0 Å². The Hall–Kier alpha value is -3.13. The topological polar surface area (TPSA) is 82.4 Å². The van der Waals surface area contributed by atoms with E-state index in [0.29, 0.717) is 0 Å². The second-order valence-electron chi connectivity index (χ2n) is 8.66. The van der Waals surface area contributed by atoms with Crippen LogP contribution < -0.4 is 16.0 Å². The molecule has 0 saturated carbocycles. The first-order valence-corrected chi connectivity index (χ1v) is 11.7. The number of hydrogen-bond acceptors (Lipinski definition) is 6. The van der Waals surface area contributed by atoms with Gasteiger partial charge in [-0.3, -0.25) is 9.88 Å². The highest BCUT2D eigenvalue weighted by atomic mass is 16.5. The maximum Gasteiger partial charge on any atom is 0.130 e. The number of nitrogens with two attached hydrogens (primary N) is 1. The molecule has 7 nitrogen and oxygen atoms in total. The smallest absolute Gasteiger partial charge is 0.130 e. The summed E-state index contributed by atoms with van der Waals surface area (Å²) in [5.41, 5.74) is 12.6. The molecule has 0 amide bonds. The molecule has 4 heterocycles. The van der Waals surface area contributed by atoms with Gasteiger partial charge in [0.25, 0.3) is 0 Å². The third-order valence-corrected chi connectivity index (χ3v) is 6.29. The number of H-pyrrole nitrogens is 1. The number of anilines is 2. The summed E-state index contributed by atoms with van der Waals surface area (Å²) in [5.74, 6) is 1.01.